The number of pyridine rings is 1. The number of ether oxygens (including phenoxy) is 2. The molecule has 0 radical (unpaired) electrons. The number of hydrogen-bond donors (Lipinski definition) is 1. The van der Waals surface area contributed by atoms with Gasteiger partial charge in [-0.15, -0.1) is 0 Å². The van der Waals surface area contributed by atoms with Crippen molar-refractivity contribution in [2.24, 2.45) is 0 Å². The van der Waals surface area contributed by atoms with Crippen molar-refractivity contribution in [3.8, 4) is 16.9 Å². The van der Waals surface area contributed by atoms with Crippen molar-refractivity contribution in [3.63, 3.8) is 0 Å². The number of rotatable bonds is 7. The topological polar surface area (TPSA) is 58.1 Å². The van der Waals surface area contributed by atoms with Crippen LogP contribution in [0.5, 0.6) is 5.75 Å². The minimum atomic E-state index is -0.516. The molecule has 0 aliphatic carbocycles. The number of β-amino-alcohol motifs (C(OH)–C–C–N with tert-alkyl or cyclic N) is 1. The number of fused-ring (bicyclic) bond motifs is 1. The minimum Gasteiger partial charge on any atom is -0.490 e. The summed E-state index contributed by atoms with van der Waals surface area (Å²) in [5.74, 6) is 0.808. The second-order valence-electron chi connectivity index (χ2n) is 8.39. The molecule has 0 bridgehead atoms. The van der Waals surface area contributed by atoms with E-state index in [9.17, 15) is 5.11 Å². The highest BCUT2D eigenvalue weighted by molar-refractivity contribution is 6.00. The number of benzene rings is 2. The number of nitrogens with zero attached hydrogens (tertiary/aromatic N) is 3. The first kappa shape index (κ1) is 20.4. The van der Waals surface area contributed by atoms with Crippen LogP contribution in [-0.2, 0) is 4.74 Å². The lowest BCUT2D eigenvalue weighted by molar-refractivity contribution is -0.0793. The van der Waals surface area contributed by atoms with E-state index < -0.39 is 6.10 Å². The molecule has 6 nitrogen and oxygen atoms in total. The van der Waals surface area contributed by atoms with Crippen molar-refractivity contribution in [2.75, 3.05) is 52.5 Å². The van der Waals surface area contributed by atoms with Crippen molar-refractivity contribution < 1.29 is 14.6 Å². The first-order valence-corrected chi connectivity index (χ1v) is 11.0. The van der Waals surface area contributed by atoms with Crippen molar-refractivity contribution in [1.82, 2.24) is 14.8 Å². The smallest absolute Gasteiger partial charge is 0.127 e. The third-order valence-corrected chi connectivity index (χ3v) is 6.32. The summed E-state index contributed by atoms with van der Waals surface area (Å²) in [7, 11) is 0. The lowest BCUT2D eigenvalue weighted by Crippen LogP contribution is -2.57. The van der Waals surface area contributed by atoms with E-state index in [1.54, 1.807) is 0 Å². The molecular weight excluding hydrogens is 390 g/mol. The van der Waals surface area contributed by atoms with E-state index in [1.807, 2.05) is 42.7 Å². The largest absolute Gasteiger partial charge is 0.490 e. The molecule has 2 aromatic carbocycles. The lowest BCUT2D eigenvalue weighted by Gasteiger charge is -2.42. The Morgan fingerprint density at radius 3 is 2.42 bits per heavy atom. The monoisotopic (exact) mass is 419 g/mol. The summed E-state index contributed by atoms with van der Waals surface area (Å²) in [5, 5.41) is 12.8. The molecule has 2 aliphatic heterocycles. The Morgan fingerprint density at radius 2 is 1.71 bits per heavy atom. The molecule has 2 aliphatic rings. The second kappa shape index (κ2) is 9.32. The summed E-state index contributed by atoms with van der Waals surface area (Å²) < 4.78 is 11.4. The molecule has 3 heterocycles. The minimum absolute atomic E-state index is 0.287. The van der Waals surface area contributed by atoms with Gasteiger partial charge in [-0.2, -0.15) is 0 Å². The van der Waals surface area contributed by atoms with Crippen LogP contribution in [0.3, 0.4) is 0 Å². The van der Waals surface area contributed by atoms with E-state index in [4.69, 9.17) is 9.47 Å². The third-order valence-electron chi connectivity index (χ3n) is 6.32. The summed E-state index contributed by atoms with van der Waals surface area (Å²) in [6, 6.07) is 17.0. The maximum atomic E-state index is 10.6. The van der Waals surface area contributed by atoms with Crippen LogP contribution in [0.1, 0.15) is 0 Å². The number of aromatic nitrogens is 1. The van der Waals surface area contributed by atoms with Crippen LogP contribution < -0.4 is 4.74 Å². The van der Waals surface area contributed by atoms with E-state index in [0.29, 0.717) is 12.6 Å². The molecule has 0 saturated carbocycles. The van der Waals surface area contributed by atoms with Gasteiger partial charge in [0.15, 0.2) is 0 Å². The number of piperazine rings is 1. The molecule has 1 atom stereocenters. The highest BCUT2D eigenvalue weighted by atomic mass is 16.5. The number of hydrogen-bond acceptors (Lipinski definition) is 6. The van der Waals surface area contributed by atoms with Crippen molar-refractivity contribution >= 4 is 10.8 Å². The zero-order valence-electron chi connectivity index (χ0n) is 17.7. The fraction of sp³-hybridized carbons (Fsp3) is 0.400. The first-order valence-electron chi connectivity index (χ1n) is 11.0. The van der Waals surface area contributed by atoms with Crippen molar-refractivity contribution in [1.29, 1.82) is 0 Å². The summed E-state index contributed by atoms with van der Waals surface area (Å²) in [6.07, 6.45) is 3.10. The van der Waals surface area contributed by atoms with Crippen molar-refractivity contribution in [3.05, 3.63) is 60.9 Å². The molecule has 1 aromatic heterocycles. The Bertz CT molecular complexity index is 1000. The Morgan fingerprint density at radius 1 is 0.968 bits per heavy atom. The van der Waals surface area contributed by atoms with E-state index in [-0.39, 0.29) is 6.61 Å². The SMILES string of the molecule is OC(COc1ccc(-c2ccncc2)c2ccccc12)CN1CCN(C2COC2)CC1. The zero-order valence-corrected chi connectivity index (χ0v) is 17.7. The Kier molecular flexibility index (Phi) is 6.13. The molecule has 2 saturated heterocycles. The maximum Gasteiger partial charge on any atom is 0.127 e. The summed E-state index contributed by atoms with van der Waals surface area (Å²) in [6.45, 7) is 6.71. The number of aliphatic hydroxyl groups excluding tert-OH is 1. The van der Waals surface area contributed by atoms with Crippen LogP contribution in [0, 0.1) is 0 Å². The average molecular weight is 420 g/mol. The molecule has 0 amide bonds. The summed E-state index contributed by atoms with van der Waals surface area (Å²) in [5.41, 5.74) is 2.28. The molecule has 1 N–H and O–H groups in total. The van der Waals surface area contributed by atoms with Gasteiger partial charge in [-0.25, -0.2) is 0 Å². The molecule has 3 aromatic rings. The molecule has 2 fully saturated rings. The molecular formula is C25H29N3O3. The van der Waals surface area contributed by atoms with Crippen molar-refractivity contribution in [2.45, 2.75) is 12.1 Å². The van der Waals surface area contributed by atoms with Crippen LogP contribution >= 0.6 is 0 Å². The highest BCUT2D eigenvalue weighted by Gasteiger charge is 2.29. The van der Waals surface area contributed by atoms with Gasteiger partial charge in [-0.1, -0.05) is 30.3 Å². The summed E-state index contributed by atoms with van der Waals surface area (Å²) >= 11 is 0. The van der Waals surface area contributed by atoms with E-state index in [1.165, 1.54) is 0 Å². The van der Waals surface area contributed by atoms with Gasteiger partial charge in [0.2, 0.25) is 0 Å². The predicted octanol–water partition coefficient (Wildman–Crippen LogP) is 2.66. The molecule has 6 heteroatoms. The van der Waals surface area contributed by atoms with Crippen LogP contribution in [0.4, 0.5) is 0 Å². The Hall–Kier alpha value is -2.51. The normalized spacial score (nSPS) is 19.3. The van der Waals surface area contributed by atoms with Crippen LogP contribution in [0.2, 0.25) is 0 Å². The quantitative estimate of drug-likeness (QED) is 0.636. The van der Waals surface area contributed by atoms with Gasteiger partial charge in [0.05, 0.1) is 19.3 Å². The fourth-order valence-corrected chi connectivity index (χ4v) is 4.46. The molecule has 162 valence electrons. The lowest BCUT2D eigenvalue weighted by atomic mass is 9.98. The fourth-order valence-electron chi connectivity index (χ4n) is 4.46. The van der Waals surface area contributed by atoms with Gasteiger partial charge in [0, 0.05) is 50.5 Å². The summed E-state index contributed by atoms with van der Waals surface area (Å²) in [4.78, 5) is 8.95. The first-order chi connectivity index (χ1) is 15.3. The maximum absolute atomic E-state index is 10.6. The molecule has 5 rings (SSSR count). The molecule has 31 heavy (non-hydrogen) atoms. The van der Waals surface area contributed by atoms with Gasteiger partial charge in [0.1, 0.15) is 18.5 Å². The standard InChI is InChI=1S/C25H29N3O3/c29-21(15-27-11-13-28(14-12-27)20-16-30-17-20)18-31-25-6-5-22(19-7-9-26-10-8-19)23-3-1-2-4-24(23)25/h1-10,20-21,29H,11-18H2. The Balaban J connectivity index is 1.21. The predicted molar refractivity (Wildman–Crippen MR) is 121 cm³/mol. The van der Waals surface area contributed by atoms with Gasteiger partial charge in [-0.05, 0) is 34.7 Å². The van der Waals surface area contributed by atoms with Gasteiger partial charge in [-0.3, -0.25) is 14.8 Å². The third kappa shape index (κ3) is 4.57. The van der Waals surface area contributed by atoms with E-state index in [0.717, 1.165) is 67.0 Å². The molecule has 1 unspecified atom stereocenters. The van der Waals surface area contributed by atoms with E-state index in [2.05, 4.69) is 33.0 Å². The van der Waals surface area contributed by atoms with Crippen LogP contribution in [-0.4, -0.2) is 84.6 Å². The average Bonchev–Trinajstić information content (AvgIpc) is 2.78. The highest BCUT2D eigenvalue weighted by Crippen LogP contribution is 2.34. The number of aliphatic hydroxyl groups is 1. The zero-order chi connectivity index (χ0) is 21.0. The van der Waals surface area contributed by atoms with Gasteiger partial charge >= 0.3 is 0 Å². The van der Waals surface area contributed by atoms with Gasteiger partial charge < -0.3 is 14.6 Å². The van der Waals surface area contributed by atoms with Gasteiger partial charge in [0.25, 0.3) is 0 Å². The van der Waals surface area contributed by atoms with E-state index >= 15 is 0 Å². The van der Waals surface area contributed by atoms with Crippen LogP contribution in [0.25, 0.3) is 21.9 Å². The Labute approximate surface area is 183 Å². The second-order valence-corrected chi connectivity index (χ2v) is 8.39. The van der Waals surface area contributed by atoms with Crippen LogP contribution in [0.15, 0.2) is 60.9 Å². The molecule has 0 spiro atoms.